The van der Waals surface area contributed by atoms with Crippen molar-refractivity contribution in [1.82, 2.24) is 5.32 Å². The lowest BCUT2D eigenvalue weighted by Crippen LogP contribution is -2.32. The molecule has 1 rings (SSSR count). The van der Waals surface area contributed by atoms with Crippen LogP contribution < -0.4 is 5.32 Å². The third-order valence-corrected chi connectivity index (χ3v) is 2.74. The van der Waals surface area contributed by atoms with Gasteiger partial charge in [-0.05, 0) is 39.8 Å². The van der Waals surface area contributed by atoms with Crippen molar-refractivity contribution in [2.75, 3.05) is 32.9 Å². The number of hydrogen-bond acceptors (Lipinski definition) is 5. The maximum absolute atomic E-state index is 11.4. The maximum atomic E-state index is 11.4. The van der Waals surface area contributed by atoms with E-state index in [9.17, 15) is 4.79 Å². The van der Waals surface area contributed by atoms with Gasteiger partial charge in [-0.25, -0.2) is 0 Å². The molecular formula is C13H25NO4. The second-order valence-corrected chi connectivity index (χ2v) is 4.71. The molecule has 1 fully saturated rings. The van der Waals surface area contributed by atoms with E-state index in [1.807, 2.05) is 13.8 Å². The van der Waals surface area contributed by atoms with Gasteiger partial charge in [0.15, 0.2) is 0 Å². The summed E-state index contributed by atoms with van der Waals surface area (Å²) in [6.45, 7) is 7.14. The van der Waals surface area contributed by atoms with Gasteiger partial charge in [0.2, 0.25) is 0 Å². The summed E-state index contributed by atoms with van der Waals surface area (Å²) in [4.78, 5) is 11.4. The second-order valence-electron chi connectivity index (χ2n) is 4.71. The standard InChI is InChI=1S/C13H25NO4/c1-11(2)16-9-10-18-13(15)5-8-17-12-3-6-14-7-4-12/h11-12,14H,3-10H2,1-2H3. The van der Waals surface area contributed by atoms with Gasteiger partial charge in [0.05, 0.1) is 31.8 Å². The highest BCUT2D eigenvalue weighted by molar-refractivity contribution is 5.69. The van der Waals surface area contributed by atoms with E-state index in [4.69, 9.17) is 14.2 Å². The molecule has 1 N–H and O–H groups in total. The minimum Gasteiger partial charge on any atom is -0.463 e. The van der Waals surface area contributed by atoms with E-state index < -0.39 is 0 Å². The molecule has 0 spiro atoms. The Morgan fingerprint density at radius 2 is 1.94 bits per heavy atom. The van der Waals surface area contributed by atoms with Crippen LogP contribution in [0.5, 0.6) is 0 Å². The largest absolute Gasteiger partial charge is 0.463 e. The number of ether oxygens (including phenoxy) is 3. The molecule has 0 amide bonds. The van der Waals surface area contributed by atoms with Gasteiger partial charge in [-0.1, -0.05) is 0 Å². The van der Waals surface area contributed by atoms with Crippen molar-refractivity contribution >= 4 is 5.97 Å². The first-order valence-electron chi connectivity index (χ1n) is 6.78. The molecule has 1 aliphatic rings. The Hall–Kier alpha value is -0.650. The number of esters is 1. The van der Waals surface area contributed by atoms with E-state index in [1.165, 1.54) is 0 Å². The molecule has 106 valence electrons. The molecule has 1 heterocycles. The third-order valence-electron chi connectivity index (χ3n) is 2.74. The highest BCUT2D eigenvalue weighted by Gasteiger charge is 2.13. The summed E-state index contributed by atoms with van der Waals surface area (Å²) in [5.41, 5.74) is 0. The van der Waals surface area contributed by atoms with E-state index in [2.05, 4.69) is 5.32 Å². The fraction of sp³-hybridized carbons (Fsp3) is 0.923. The zero-order chi connectivity index (χ0) is 13.2. The number of carbonyl (C=O) groups excluding carboxylic acids is 1. The Bertz CT molecular complexity index is 227. The molecule has 0 atom stereocenters. The topological polar surface area (TPSA) is 56.8 Å². The summed E-state index contributed by atoms with van der Waals surface area (Å²) in [7, 11) is 0. The van der Waals surface area contributed by atoms with Crippen molar-refractivity contribution in [1.29, 1.82) is 0 Å². The van der Waals surface area contributed by atoms with E-state index in [-0.39, 0.29) is 12.1 Å². The van der Waals surface area contributed by atoms with Gasteiger partial charge in [0.25, 0.3) is 0 Å². The average molecular weight is 259 g/mol. The Labute approximate surface area is 109 Å². The molecule has 0 aromatic heterocycles. The lowest BCUT2D eigenvalue weighted by molar-refractivity contribution is -0.147. The number of hydrogen-bond donors (Lipinski definition) is 1. The predicted octanol–water partition coefficient (Wildman–Crippen LogP) is 1.11. The molecule has 0 aliphatic carbocycles. The highest BCUT2D eigenvalue weighted by atomic mass is 16.6. The molecular weight excluding hydrogens is 234 g/mol. The molecule has 1 saturated heterocycles. The van der Waals surface area contributed by atoms with Crippen LogP contribution in [-0.4, -0.2) is 51.1 Å². The number of carbonyl (C=O) groups is 1. The molecule has 5 heteroatoms. The summed E-state index contributed by atoms with van der Waals surface area (Å²) >= 11 is 0. The van der Waals surface area contributed by atoms with E-state index in [0.717, 1.165) is 25.9 Å². The van der Waals surface area contributed by atoms with Gasteiger partial charge in [0, 0.05) is 0 Å². The van der Waals surface area contributed by atoms with Crippen LogP contribution in [0.2, 0.25) is 0 Å². The molecule has 0 bridgehead atoms. The highest BCUT2D eigenvalue weighted by Crippen LogP contribution is 2.07. The zero-order valence-corrected chi connectivity index (χ0v) is 11.4. The normalized spacial score (nSPS) is 17.1. The molecule has 5 nitrogen and oxygen atoms in total. The van der Waals surface area contributed by atoms with Crippen LogP contribution >= 0.6 is 0 Å². The Morgan fingerprint density at radius 3 is 2.61 bits per heavy atom. The summed E-state index contributed by atoms with van der Waals surface area (Å²) in [6, 6.07) is 0. The van der Waals surface area contributed by atoms with Gasteiger partial charge in [-0.2, -0.15) is 0 Å². The smallest absolute Gasteiger partial charge is 0.308 e. The number of piperidine rings is 1. The molecule has 0 aromatic rings. The third kappa shape index (κ3) is 7.63. The van der Waals surface area contributed by atoms with Crippen molar-refractivity contribution in [2.24, 2.45) is 0 Å². The van der Waals surface area contributed by atoms with Crippen LogP contribution in [0.3, 0.4) is 0 Å². The van der Waals surface area contributed by atoms with Gasteiger partial charge < -0.3 is 19.5 Å². The first-order valence-corrected chi connectivity index (χ1v) is 6.78. The Balaban J connectivity index is 1.92. The summed E-state index contributed by atoms with van der Waals surface area (Å²) < 4.78 is 15.9. The first kappa shape index (κ1) is 15.4. The lowest BCUT2D eigenvalue weighted by atomic mass is 10.1. The molecule has 18 heavy (non-hydrogen) atoms. The molecule has 0 unspecified atom stereocenters. The van der Waals surface area contributed by atoms with Crippen molar-refractivity contribution in [3.63, 3.8) is 0 Å². The zero-order valence-electron chi connectivity index (χ0n) is 11.4. The summed E-state index contributed by atoms with van der Waals surface area (Å²) in [6.07, 6.45) is 2.84. The van der Waals surface area contributed by atoms with E-state index in [0.29, 0.717) is 32.3 Å². The lowest BCUT2D eigenvalue weighted by Gasteiger charge is -2.22. The molecule has 0 saturated carbocycles. The minimum absolute atomic E-state index is 0.173. The van der Waals surface area contributed by atoms with Gasteiger partial charge in [-0.15, -0.1) is 0 Å². The van der Waals surface area contributed by atoms with Crippen LogP contribution in [0, 0.1) is 0 Å². The van der Waals surface area contributed by atoms with Gasteiger partial charge in [-0.3, -0.25) is 4.79 Å². The number of rotatable bonds is 8. The van der Waals surface area contributed by atoms with Crippen LogP contribution in [-0.2, 0) is 19.0 Å². The predicted molar refractivity (Wildman–Crippen MR) is 68.5 cm³/mol. The van der Waals surface area contributed by atoms with Crippen molar-refractivity contribution < 1.29 is 19.0 Å². The summed E-state index contributed by atoms with van der Waals surface area (Å²) in [5.74, 6) is -0.212. The molecule has 0 radical (unpaired) electrons. The fourth-order valence-corrected chi connectivity index (χ4v) is 1.78. The fourth-order valence-electron chi connectivity index (χ4n) is 1.78. The van der Waals surface area contributed by atoms with Gasteiger partial charge >= 0.3 is 5.97 Å². The van der Waals surface area contributed by atoms with E-state index in [1.54, 1.807) is 0 Å². The first-order chi connectivity index (χ1) is 8.68. The van der Waals surface area contributed by atoms with Crippen LogP contribution in [0.15, 0.2) is 0 Å². The van der Waals surface area contributed by atoms with Crippen LogP contribution in [0.4, 0.5) is 0 Å². The second kappa shape index (κ2) is 9.30. The Kier molecular flexibility index (Phi) is 7.96. The molecule has 0 aromatic carbocycles. The van der Waals surface area contributed by atoms with Crippen LogP contribution in [0.1, 0.15) is 33.1 Å². The van der Waals surface area contributed by atoms with Crippen LogP contribution in [0.25, 0.3) is 0 Å². The monoisotopic (exact) mass is 259 g/mol. The van der Waals surface area contributed by atoms with Gasteiger partial charge in [0.1, 0.15) is 6.61 Å². The molecule has 1 aliphatic heterocycles. The average Bonchev–Trinajstić information content (AvgIpc) is 2.36. The SMILES string of the molecule is CC(C)OCCOC(=O)CCOC1CCNCC1. The number of nitrogens with one attached hydrogen (secondary N) is 1. The summed E-state index contributed by atoms with van der Waals surface area (Å²) in [5, 5.41) is 3.27. The minimum atomic E-state index is -0.212. The quantitative estimate of drug-likeness (QED) is 0.523. The van der Waals surface area contributed by atoms with Crippen molar-refractivity contribution in [3.05, 3.63) is 0 Å². The van der Waals surface area contributed by atoms with Crippen molar-refractivity contribution in [2.45, 2.75) is 45.3 Å². The van der Waals surface area contributed by atoms with Crippen molar-refractivity contribution in [3.8, 4) is 0 Å². The van der Waals surface area contributed by atoms with E-state index >= 15 is 0 Å². The maximum Gasteiger partial charge on any atom is 0.308 e. The Morgan fingerprint density at radius 1 is 1.22 bits per heavy atom.